The minimum Gasteiger partial charge on any atom is -0.479 e. The predicted octanol–water partition coefficient (Wildman–Crippen LogP) is 3.15. The topological polar surface area (TPSA) is 52.8 Å². The summed E-state index contributed by atoms with van der Waals surface area (Å²) >= 11 is 0. The van der Waals surface area contributed by atoms with Crippen LogP contribution in [0.15, 0.2) is 42.6 Å². The molecule has 1 aliphatic rings. The highest BCUT2D eigenvalue weighted by Crippen LogP contribution is 2.37. The van der Waals surface area contributed by atoms with Gasteiger partial charge in [-0.1, -0.05) is 24.3 Å². The number of methoxy groups -OCH3 is 1. The SMILES string of the molecule is CO[C@@H]1Cc2ccccc2[C@H]1Oc1cccn2c(C=O)c(C)nc12. The molecule has 1 aromatic carbocycles. The summed E-state index contributed by atoms with van der Waals surface area (Å²) in [7, 11) is 1.71. The maximum atomic E-state index is 11.3. The lowest BCUT2D eigenvalue weighted by Crippen LogP contribution is -2.21. The first-order valence-electron chi connectivity index (χ1n) is 7.93. The molecule has 0 saturated heterocycles. The summed E-state index contributed by atoms with van der Waals surface area (Å²) < 4.78 is 13.7. The molecule has 24 heavy (non-hydrogen) atoms. The molecule has 0 amide bonds. The molecule has 0 N–H and O–H groups in total. The molecule has 0 saturated carbocycles. The van der Waals surface area contributed by atoms with Gasteiger partial charge in [0.05, 0.1) is 5.69 Å². The Hall–Kier alpha value is -2.66. The van der Waals surface area contributed by atoms with Crippen molar-refractivity contribution in [3.8, 4) is 5.75 Å². The van der Waals surface area contributed by atoms with Crippen molar-refractivity contribution in [3.05, 3.63) is 65.1 Å². The van der Waals surface area contributed by atoms with Crippen molar-refractivity contribution in [2.75, 3.05) is 7.11 Å². The molecular formula is C19H18N2O3. The smallest absolute Gasteiger partial charge is 0.180 e. The van der Waals surface area contributed by atoms with Crippen LogP contribution in [0.2, 0.25) is 0 Å². The quantitative estimate of drug-likeness (QED) is 0.693. The van der Waals surface area contributed by atoms with E-state index in [4.69, 9.17) is 9.47 Å². The van der Waals surface area contributed by atoms with Gasteiger partial charge >= 0.3 is 0 Å². The second-order valence-electron chi connectivity index (χ2n) is 5.98. The van der Waals surface area contributed by atoms with E-state index in [9.17, 15) is 4.79 Å². The number of aldehydes is 1. The number of hydrogen-bond acceptors (Lipinski definition) is 4. The van der Waals surface area contributed by atoms with Gasteiger partial charge in [-0.3, -0.25) is 9.20 Å². The van der Waals surface area contributed by atoms with E-state index >= 15 is 0 Å². The zero-order valence-electron chi connectivity index (χ0n) is 13.6. The summed E-state index contributed by atoms with van der Waals surface area (Å²) in [4.78, 5) is 15.8. The maximum absolute atomic E-state index is 11.3. The highest BCUT2D eigenvalue weighted by molar-refractivity contribution is 5.77. The van der Waals surface area contributed by atoms with Crippen LogP contribution in [-0.2, 0) is 11.2 Å². The molecule has 5 heteroatoms. The van der Waals surface area contributed by atoms with Crippen LogP contribution < -0.4 is 4.74 Å². The van der Waals surface area contributed by atoms with Crippen molar-refractivity contribution in [2.45, 2.75) is 25.6 Å². The average molecular weight is 322 g/mol. The van der Waals surface area contributed by atoms with Crippen LogP contribution in [-0.4, -0.2) is 28.9 Å². The second-order valence-corrected chi connectivity index (χ2v) is 5.98. The molecule has 0 unspecified atom stereocenters. The lowest BCUT2D eigenvalue weighted by atomic mass is 10.1. The predicted molar refractivity (Wildman–Crippen MR) is 89.6 cm³/mol. The van der Waals surface area contributed by atoms with Crippen LogP contribution in [0, 0.1) is 6.92 Å². The number of aromatic nitrogens is 2. The first-order valence-corrected chi connectivity index (χ1v) is 7.93. The molecule has 2 atom stereocenters. The fourth-order valence-corrected chi connectivity index (χ4v) is 3.41. The molecular weight excluding hydrogens is 304 g/mol. The molecule has 122 valence electrons. The van der Waals surface area contributed by atoms with Gasteiger partial charge in [-0.15, -0.1) is 0 Å². The number of carbonyl (C=O) groups is 1. The fraction of sp³-hybridized carbons (Fsp3) is 0.263. The first-order chi connectivity index (χ1) is 11.7. The summed E-state index contributed by atoms with van der Waals surface area (Å²) in [6.07, 6.45) is 3.25. The van der Waals surface area contributed by atoms with Gasteiger partial charge in [0.2, 0.25) is 0 Å². The Labute approximate surface area is 139 Å². The highest BCUT2D eigenvalue weighted by atomic mass is 16.5. The van der Waals surface area contributed by atoms with E-state index < -0.39 is 0 Å². The summed E-state index contributed by atoms with van der Waals surface area (Å²) in [5, 5.41) is 0. The van der Waals surface area contributed by atoms with Gasteiger partial charge in [-0.05, 0) is 30.2 Å². The second kappa shape index (κ2) is 5.76. The number of aryl methyl sites for hydroxylation is 1. The largest absolute Gasteiger partial charge is 0.479 e. The van der Waals surface area contributed by atoms with Crippen LogP contribution in [0.5, 0.6) is 5.75 Å². The third-order valence-corrected chi connectivity index (χ3v) is 4.62. The van der Waals surface area contributed by atoms with Crippen molar-refractivity contribution < 1.29 is 14.3 Å². The Bertz CT molecular complexity index is 916. The van der Waals surface area contributed by atoms with E-state index in [1.807, 2.05) is 37.4 Å². The minimum absolute atomic E-state index is 0.0377. The van der Waals surface area contributed by atoms with Gasteiger partial charge in [-0.25, -0.2) is 4.98 Å². The molecule has 4 rings (SSSR count). The fourth-order valence-electron chi connectivity index (χ4n) is 3.41. The van der Waals surface area contributed by atoms with Crippen LogP contribution in [0.25, 0.3) is 5.65 Å². The van der Waals surface area contributed by atoms with Crippen LogP contribution in [0.1, 0.15) is 33.4 Å². The van der Waals surface area contributed by atoms with Crippen molar-refractivity contribution in [2.24, 2.45) is 0 Å². The number of hydrogen-bond donors (Lipinski definition) is 0. The van der Waals surface area contributed by atoms with Gasteiger partial charge in [0.15, 0.2) is 23.8 Å². The van der Waals surface area contributed by atoms with Crippen LogP contribution in [0.4, 0.5) is 0 Å². The van der Waals surface area contributed by atoms with Gasteiger partial charge in [0, 0.05) is 19.7 Å². The zero-order valence-corrected chi connectivity index (χ0v) is 13.6. The summed E-state index contributed by atoms with van der Waals surface area (Å²) in [5.74, 6) is 0.650. The molecule has 1 aliphatic carbocycles. The Morgan fingerprint density at radius 1 is 1.25 bits per heavy atom. The van der Waals surface area contributed by atoms with Crippen molar-refractivity contribution in [1.82, 2.24) is 9.38 Å². The van der Waals surface area contributed by atoms with E-state index in [1.165, 1.54) is 5.56 Å². The van der Waals surface area contributed by atoms with Crippen LogP contribution in [0.3, 0.4) is 0 Å². The highest BCUT2D eigenvalue weighted by Gasteiger charge is 2.34. The van der Waals surface area contributed by atoms with E-state index in [0.29, 0.717) is 22.8 Å². The number of rotatable bonds is 4. The number of benzene rings is 1. The normalized spacial score (nSPS) is 19.4. The number of ether oxygens (including phenoxy) is 2. The van der Waals surface area contributed by atoms with Gasteiger partial charge < -0.3 is 9.47 Å². The Morgan fingerprint density at radius 3 is 2.88 bits per heavy atom. The molecule has 2 aromatic heterocycles. The van der Waals surface area contributed by atoms with Crippen molar-refractivity contribution >= 4 is 11.9 Å². The Balaban J connectivity index is 1.78. The molecule has 0 radical (unpaired) electrons. The third kappa shape index (κ3) is 2.20. The monoisotopic (exact) mass is 322 g/mol. The van der Waals surface area contributed by atoms with Gasteiger partial charge in [-0.2, -0.15) is 0 Å². The molecule has 0 fully saturated rings. The minimum atomic E-state index is -0.186. The molecule has 3 aromatic rings. The molecule has 0 spiro atoms. The van der Waals surface area contributed by atoms with E-state index in [-0.39, 0.29) is 12.2 Å². The summed E-state index contributed by atoms with van der Waals surface area (Å²) in [5.41, 5.74) is 4.28. The number of fused-ring (bicyclic) bond motifs is 2. The number of carbonyl (C=O) groups excluding carboxylic acids is 1. The van der Waals surface area contributed by atoms with Gasteiger partial charge in [0.1, 0.15) is 11.8 Å². The lowest BCUT2D eigenvalue weighted by Gasteiger charge is -2.21. The average Bonchev–Trinajstić information content (AvgIpc) is 3.12. The third-order valence-electron chi connectivity index (χ3n) is 4.62. The van der Waals surface area contributed by atoms with Crippen molar-refractivity contribution in [3.63, 3.8) is 0 Å². The number of imidazole rings is 1. The maximum Gasteiger partial charge on any atom is 0.180 e. The first kappa shape index (κ1) is 14.9. The Morgan fingerprint density at radius 2 is 2.08 bits per heavy atom. The van der Waals surface area contributed by atoms with E-state index in [2.05, 4.69) is 17.1 Å². The number of pyridine rings is 1. The van der Waals surface area contributed by atoms with E-state index in [1.54, 1.807) is 11.5 Å². The standard InChI is InChI=1S/C19H18N2O3/c1-12-15(11-22)21-9-5-8-16(19(21)20-12)24-18-14-7-4-3-6-13(14)10-17(18)23-2/h3-9,11,17-18H,10H2,1-2H3/t17-,18-/m1/s1. The lowest BCUT2D eigenvalue weighted by molar-refractivity contribution is 0.0136. The molecule has 0 bridgehead atoms. The summed E-state index contributed by atoms with van der Waals surface area (Å²) in [6.45, 7) is 1.82. The van der Waals surface area contributed by atoms with Crippen molar-refractivity contribution in [1.29, 1.82) is 0 Å². The molecule has 2 heterocycles. The van der Waals surface area contributed by atoms with E-state index in [0.717, 1.165) is 18.3 Å². The number of nitrogens with zero attached hydrogens (tertiary/aromatic N) is 2. The Kier molecular flexibility index (Phi) is 3.58. The molecule has 0 aliphatic heterocycles. The molecule has 5 nitrogen and oxygen atoms in total. The van der Waals surface area contributed by atoms with Crippen LogP contribution >= 0.6 is 0 Å². The summed E-state index contributed by atoms with van der Waals surface area (Å²) in [6, 6.07) is 12.0. The zero-order chi connectivity index (χ0) is 16.7. The van der Waals surface area contributed by atoms with Gasteiger partial charge in [0.25, 0.3) is 0 Å².